The van der Waals surface area contributed by atoms with Crippen LogP contribution in [0.5, 0.6) is 0 Å². The maximum absolute atomic E-state index is 12.0. The number of furan rings is 1. The molecule has 3 heteroatoms. The molecule has 1 heterocycles. The quantitative estimate of drug-likeness (QED) is 0.557. The Hall–Kier alpha value is -2.42. The molecule has 0 radical (unpaired) electrons. The van der Waals surface area contributed by atoms with Crippen molar-refractivity contribution in [2.75, 3.05) is 7.05 Å². The first-order valence-corrected chi connectivity index (χ1v) is 7.05. The van der Waals surface area contributed by atoms with Gasteiger partial charge in [-0.15, -0.1) is 0 Å². The largest absolute Gasteiger partial charge is 0.465 e. The fourth-order valence-corrected chi connectivity index (χ4v) is 2.03. The second-order valence-corrected chi connectivity index (χ2v) is 4.71. The summed E-state index contributed by atoms with van der Waals surface area (Å²) in [4.78, 5) is 16.2. The molecule has 1 aromatic carbocycles. The van der Waals surface area contributed by atoms with Crippen LogP contribution in [0.4, 0.5) is 0 Å². The first-order valence-electron chi connectivity index (χ1n) is 7.05. The van der Waals surface area contributed by atoms with Crippen LogP contribution >= 0.6 is 0 Å². The molecule has 1 aromatic heterocycles. The molecular formula is C18H19NO2. The lowest BCUT2D eigenvalue weighted by atomic mass is 10.0. The number of hydrogen-bond donors (Lipinski definition) is 0. The lowest BCUT2D eigenvalue weighted by Gasteiger charge is -2.01. The summed E-state index contributed by atoms with van der Waals surface area (Å²) in [5, 5.41) is 0. The molecule has 0 saturated carbocycles. The molecule has 0 unspecified atom stereocenters. The summed E-state index contributed by atoms with van der Waals surface area (Å²) in [6, 6.07) is 13.1. The third kappa shape index (κ3) is 4.88. The molecule has 21 heavy (non-hydrogen) atoms. The highest BCUT2D eigenvalue weighted by Crippen LogP contribution is 2.09. The number of carbonyl (C=O) groups is 1. The molecule has 2 rings (SSSR count). The zero-order valence-corrected chi connectivity index (χ0v) is 12.2. The van der Waals surface area contributed by atoms with Crippen LogP contribution in [0.25, 0.3) is 6.08 Å². The summed E-state index contributed by atoms with van der Waals surface area (Å²) in [6.07, 6.45) is 7.58. The standard InChI is InChI=1S/C18H19NO2/c1-19-16(12-13-17-10-6-14-21-17)9-5-11-18(20)15-7-3-2-4-8-15/h2-4,6-8,10,12-14H,5,9,11H2,1H3/b13-12+,19-16?. The van der Waals surface area contributed by atoms with E-state index >= 15 is 0 Å². The van der Waals surface area contributed by atoms with Crippen molar-refractivity contribution in [3.8, 4) is 0 Å². The van der Waals surface area contributed by atoms with Crippen molar-refractivity contribution in [1.29, 1.82) is 0 Å². The van der Waals surface area contributed by atoms with E-state index < -0.39 is 0 Å². The average molecular weight is 281 g/mol. The average Bonchev–Trinajstić information content (AvgIpc) is 3.04. The molecule has 3 nitrogen and oxygen atoms in total. The highest BCUT2D eigenvalue weighted by atomic mass is 16.3. The summed E-state index contributed by atoms with van der Waals surface area (Å²) in [6.45, 7) is 0. The van der Waals surface area contributed by atoms with E-state index in [1.807, 2.05) is 54.6 Å². The van der Waals surface area contributed by atoms with Crippen LogP contribution in [0.2, 0.25) is 0 Å². The van der Waals surface area contributed by atoms with Crippen molar-refractivity contribution >= 4 is 17.6 Å². The summed E-state index contributed by atoms with van der Waals surface area (Å²) in [7, 11) is 1.76. The van der Waals surface area contributed by atoms with Gasteiger partial charge in [-0.1, -0.05) is 30.3 Å². The zero-order chi connectivity index (χ0) is 14.9. The van der Waals surface area contributed by atoms with Gasteiger partial charge < -0.3 is 4.42 Å². The highest BCUT2D eigenvalue weighted by molar-refractivity contribution is 5.99. The van der Waals surface area contributed by atoms with Gasteiger partial charge in [-0.05, 0) is 37.1 Å². The maximum atomic E-state index is 12.0. The number of ketones is 1. The van der Waals surface area contributed by atoms with Gasteiger partial charge in [0.25, 0.3) is 0 Å². The number of nitrogens with zero attached hydrogens (tertiary/aromatic N) is 1. The van der Waals surface area contributed by atoms with Crippen LogP contribution in [0.1, 0.15) is 35.4 Å². The van der Waals surface area contributed by atoms with E-state index in [2.05, 4.69) is 4.99 Å². The van der Waals surface area contributed by atoms with Crippen LogP contribution in [0, 0.1) is 0 Å². The fraction of sp³-hybridized carbons (Fsp3) is 0.222. The van der Waals surface area contributed by atoms with Gasteiger partial charge in [0.1, 0.15) is 5.76 Å². The van der Waals surface area contributed by atoms with Gasteiger partial charge in [0.15, 0.2) is 5.78 Å². The van der Waals surface area contributed by atoms with Gasteiger partial charge >= 0.3 is 0 Å². The molecule has 108 valence electrons. The Morgan fingerprint density at radius 1 is 1.14 bits per heavy atom. The van der Waals surface area contributed by atoms with Crippen LogP contribution in [0.3, 0.4) is 0 Å². The Balaban J connectivity index is 1.80. The van der Waals surface area contributed by atoms with Crippen molar-refractivity contribution in [3.05, 3.63) is 66.1 Å². The minimum absolute atomic E-state index is 0.182. The zero-order valence-electron chi connectivity index (χ0n) is 12.2. The Morgan fingerprint density at radius 2 is 1.95 bits per heavy atom. The molecule has 0 amide bonds. The number of allylic oxidation sites excluding steroid dienone is 1. The first kappa shape index (κ1) is 15.0. The van der Waals surface area contributed by atoms with Gasteiger partial charge in [-0.3, -0.25) is 9.79 Å². The predicted molar refractivity (Wildman–Crippen MR) is 85.7 cm³/mol. The van der Waals surface area contributed by atoms with Crippen LogP contribution < -0.4 is 0 Å². The van der Waals surface area contributed by atoms with Gasteiger partial charge in [0.2, 0.25) is 0 Å². The first-order chi connectivity index (χ1) is 10.3. The molecule has 0 fully saturated rings. The molecule has 0 aliphatic carbocycles. The van der Waals surface area contributed by atoms with Crippen LogP contribution in [-0.2, 0) is 0 Å². The van der Waals surface area contributed by atoms with Crippen molar-refractivity contribution in [2.45, 2.75) is 19.3 Å². The second-order valence-electron chi connectivity index (χ2n) is 4.71. The van der Waals surface area contributed by atoms with E-state index in [0.29, 0.717) is 6.42 Å². The third-order valence-corrected chi connectivity index (χ3v) is 3.20. The Bertz CT molecular complexity index is 610. The number of hydrogen-bond acceptors (Lipinski definition) is 3. The van der Waals surface area contributed by atoms with E-state index in [1.54, 1.807) is 13.3 Å². The second kappa shape index (κ2) is 8.00. The van der Waals surface area contributed by atoms with Gasteiger partial charge in [-0.25, -0.2) is 0 Å². The number of aliphatic imine (C=N–C) groups is 1. The van der Waals surface area contributed by atoms with E-state index in [1.165, 1.54) is 0 Å². The van der Waals surface area contributed by atoms with Gasteiger partial charge in [0.05, 0.1) is 6.26 Å². The smallest absolute Gasteiger partial charge is 0.162 e. The molecule has 0 aliphatic rings. The van der Waals surface area contributed by atoms with Gasteiger partial charge in [0, 0.05) is 24.7 Å². The normalized spacial score (nSPS) is 12.0. The number of carbonyl (C=O) groups excluding carboxylic acids is 1. The molecule has 0 N–H and O–H groups in total. The van der Waals surface area contributed by atoms with Gasteiger partial charge in [-0.2, -0.15) is 0 Å². The minimum Gasteiger partial charge on any atom is -0.465 e. The summed E-state index contributed by atoms with van der Waals surface area (Å²) >= 11 is 0. The lowest BCUT2D eigenvalue weighted by Crippen LogP contribution is -2.01. The number of benzene rings is 1. The van der Waals surface area contributed by atoms with E-state index in [-0.39, 0.29) is 5.78 Å². The minimum atomic E-state index is 0.182. The molecule has 0 spiro atoms. The van der Waals surface area contributed by atoms with Crippen molar-refractivity contribution in [1.82, 2.24) is 0 Å². The molecule has 0 saturated heterocycles. The monoisotopic (exact) mass is 281 g/mol. The van der Waals surface area contributed by atoms with Crippen molar-refractivity contribution < 1.29 is 9.21 Å². The SMILES string of the molecule is CN=C(/C=C/c1ccco1)CCCC(=O)c1ccccc1. The van der Waals surface area contributed by atoms with E-state index in [4.69, 9.17) is 4.42 Å². The number of Topliss-reactive ketones (excluding diaryl/α,β-unsaturated/α-hetero) is 1. The van der Waals surface area contributed by atoms with Crippen molar-refractivity contribution in [2.24, 2.45) is 4.99 Å². The topological polar surface area (TPSA) is 42.6 Å². The summed E-state index contributed by atoms with van der Waals surface area (Å²) < 4.78 is 5.23. The lowest BCUT2D eigenvalue weighted by molar-refractivity contribution is 0.0981. The highest BCUT2D eigenvalue weighted by Gasteiger charge is 2.05. The van der Waals surface area contributed by atoms with Crippen LogP contribution in [0.15, 0.2) is 64.2 Å². The third-order valence-electron chi connectivity index (χ3n) is 3.20. The maximum Gasteiger partial charge on any atom is 0.162 e. The molecule has 0 aliphatic heterocycles. The van der Waals surface area contributed by atoms with Crippen molar-refractivity contribution in [3.63, 3.8) is 0 Å². The molecule has 0 atom stereocenters. The summed E-state index contributed by atoms with van der Waals surface area (Å²) in [5.74, 6) is 0.984. The fourth-order valence-electron chi connectivity index (χ4n) is 2.03. The van der Waals surface area contributed by atoms with E-state index in [9.17, 15) is 4.79 Å². The Morgan fingerprint density at radius 3 is 2.62 bits per heavy atom. The van der Waals surface area contributed by atoms with E-state index in [0.717, 1.165) is 29.9 Å². The number of rotatable bonds is 7. The molecular weight excluding hydrogens is 262 g/mol. The Kier molecular flexibility index (Phi) is 5.71. The van der Waals surface area contributed by atoms with Crippen LogP contribution in [-0.4, -0.2) is 18.5 Å². The predicted octanol–water partition coefficient (Wildman–Crippen LogP) is 4.42. The Labute approximate surface area is 125 Å². The summed E-state index contributed by atoms with van der Waals surface area (Å²) in [5.41, 5.74) is 1.74. The molecule has 2 aromatic rings. The molecule has 0 bridgehead atoms.